The zero-order valence-electron chi connectivity index (χ0n) is 7.74. The van der Waals surface area contributed by atoms with Gasteiger partial charge in [-0.05, 0) is 12.1 Å². The summed E-state index contributed by atoms with van der Waals surface area (Å²) in [6.45, 7) is 0. The van der Waals surface area contributed by atoms with Crippen LogP contribution in [-0.2, 0) is 0 Å². The molecule has 68 valence electrons. The van der Waals surface area contributed by atoms with E-state index >= 15 is 0 Å². The van der Waals surface area contributed by atoms with Crippen LogP contribution >= 0.6 is 0 Å². The van der Waals surface area contributed by atoms with E-state index in [9.17, 15) is 4.39 Å². The molecule has 0 saturated heterocycles. The van der Waals surface area contributed by atoms with Gasteiger partial charge in [-0.25, -0.2) is 4.39 Å². The molecular formula is C10H8BFN2. The SMILES string of the molecule is Bc1ccc(-c2ccncc2F)nc1. The normalized spacial score (nSPS) is 10.1. The number of halogens is 1. The van der Waals surface area contributed by atoms with E-state index in [1.54, 1.807) is 24.5 Å². The van der Waals surface area contributed by atoms with Crippen LogP contribution in [0.3, 0.4) is 0 Å². The quantitative estimate of drug-likeness (QED) is 0.607. The summed E-state index contributed by atoms with van der Waals surface area (Å²) in [6.07, 6.45) is 4.46. The lowest BCUT2D eigenvalue weighted by atomic mass is 9.98. The van der Waals surface area contributed by atoms with Gasteiger partial charge in [-0.1, -0.05) is 11.5 Å². The van der Waals surface area contributed by atoms with E-state index in [0.717, 1.165) is 5.46 Å². The van der Waals surface area contributed by atoms with E-state index in [0.29, 0.717) is 11.3 Å². The zero-order chi connectivity index (χ0) is 9.97. The second-order valence-electron chi connectivity index (χ2n) is 3.08. The third-order valence-corrected chi connectivity index (χ3v) is 1.96. The summed E-state index contributed by atoms with van der Waals surface area (Å²) in [5.41, 5.74) is 2.18. The molecule has 0 aliphatic carbocycles. The molecule has 0 atom stereocenters. The van der Waals surface area contributed by atoms with Crippen molar-refractivity contribution in [3.8, 4) is 11.3 Å². The fourth-order valence-corrected chi connectivity index (χ4v) is 1.21. The molecule has 0 saturated carbocycles. The first-order chi connectivity index (χ1) is 6.77. The van der Waals surface area contributed by atoms with Gasteiger partial charge in [-0.3, -0.25) is 9.97 Å². The van der Waals surface area contributed by atoms with E-state index < -0.39 is 0 Å². The molecule has 2 rings (SSSR count). The highest BCUT2D eigenvalue weighted by atomic mass is 19.1. The number of hydrogen-bond acceptors (Lipinski definition) is 2. The average molecular weight is 186 g/mol. The highest BCUT2D eigenvalue weighted by molar-refractivity contribution is 6.32. The molecule has 2 aromatic heterocycles. The first-order valence-electron chi connectivity index (χ1n) is 4.30. The lowest BCUT2D eigenvalue weighted by Crippen LogP contribution is -2.02. The Balaban J connectivity index is 2.50. The van der Waals surface area contributed by atoms with Gasteiger partial charge in [0, 0.05) is 18.0 Å². The minimum atomic E-state index is -0.344. The van der Waals surface area contributed by atoms with Gasteiger partial charge in [0.15, 0.2) is 5.82 Å². The van der Waals surface area contributed by atoms with Crippen molar-refractivity contribution in [2.75, 3.05) is 0 Å². The Hall–Kier alpha value is -1.71. The van der Waals surface area contributed by atoms with Crippen LogP contribution < -0.4 is 5.46 Å². The van der Waals surface area contributed by atoms with Crippen LogP contribution in [0.5, 0.6) is 0 Å². The van der Waals surface area contributed by atoms with Crippen LogP contribution in [0, 0.1) is 5.82 Å². The Morgan fingerprint density at radius 2 is 2.00 bits per heavy atom. The van der Waals surface area contributed by atoms with E-state index in [-0.39, 0.29) is 5.82 Å². The van der Waals surface area contributed by atoms with E-state index in [4.69, 9.17) is 0 Å². The van der Waals surface area contributed by atoms with Crippen LogP contribution in [0.25, 0.3) is 11.3 Å². The fraction of sp³-hybridized carbons (Fsp3) is 0. The molecule has 0 fully saturated rings. The highest BCUT2D eigenvalue weighted by Gasteiger charge is 2.04. The summed E-state index contributed by atoms with van der Waals surface area (Å²) >= 11 is 0. The first-order valence-corrected chi connectivity index (χ1v) is 4.30. The van der Waals surface area contributed by atoms with Gasteiger partial charge in [0.1, 0.15) is 7.85 Å². The first kappa shape index (κ1) is 8.87. The van der Waals surface area contributed by atoms with Gasteiger partial charge in [0.25, 0.3) is 0 Å². The number of pyridine rings is 2. The third kappa shape index (κ3) is 1.64. The lowest BCUT2D eigenvalue weighted by molar-refractivity contribution is 0.624. The molecule has 0 bridgehead atoms. The second kappa shape index (κ2) is 3.58. The number of nitrogens with zero attached hydrogens (tertiary/aromatic N) is 2. The summed E-state index contributed by atoms with van der Waals surface area (Å²) in [5.74, 6) is -0.344. The van der Waals surface area contributed by atoms with Gasteiger partial charge >= 0.3 is 0 Å². The van der Waals surface area contributed by atoms with Crippen LogP contribution in [0.15, 0.2) is 36.8 Å². The minimum Gasteiger partial charge on any atom is -0.262 e. The maximum absolute atomic E-state index is 13.3. The minimum absolute atomic E-state index is 0.344. The molecule has 0 unspecified atom stereocenters. The zero-order valence-corrected chi connectivity index (χ0v) is 7.74. The van der Waals surface area contributed by atoms with Gasteiger partial charge in [0.05, 0.1) is 11.9 Å². The fourth-order valence-electron chi connectivity index (χ4n) is 1.21. The van der Waals surface area contributed by atoms with E-state index in [1.165, 1.54) is 6.20 Å². The molecule has 14 heavy (non-hydrogen) atoms. The predicted molar refractivity (Wildman–Crippen MR) is 55.6 cm³/mol. The van der Waals surface area contributed by atoms with Crippen molar-refractivity contribution in [1.29, 1.82) is 0 Å². The van der Waals surface area contributed by atoms with Crippen LogP contribution in [0.4, 0.5) is 4.39 Å². The molecule has 0 aliphatic heterocycles. The highest BCUT2D eigenvalue weighted by Crippen LogP contribution is 2.17. The Morgan fingerprint density at radius 1 is 1.14 bits per heavy atom. The Kier molecular flexibility index (Phi) is 2.27. The molecule has 2 aromatic rings. The summed E-state index contributed by atoms with van der Waals surface area (Å²) in [5, 5.41) is 0. The summed E-state index contributed by atoms with van der Waals surface area (Å²) < 4.78 is 13.3. The standard InChI is InChI=1S/C10H8BFN2/c11-7-1-2-10(14-5-7)8-3-4-13-6-9(8)12/h1-6H,11H2. The van der Waals surface area contributed by atoms with Gasteiger partial charge in [-0.15, -0.1) is 0 Å². The molecule has 0 amide bonds. The van der Waals surface area contributed by atoms with Crippen molar-refractivity contribution in [2.45, 2.75) is 0 Å². The van der Waals surface area contributed by atoms with Gasteiger partial charge < -0.3 is 0 Å². The number of hydrogen-bond donors (Lipinski definition) is 0. The van der Waals surface area contributed by atoms with Crippen molar-refractivity contribution in [3.05, 3.63) is 42.6 Å². The molecule has 2 nitrogen and oxygen atoms in total. The number of rotatable bonds is 1. The Bertz CT molecular complexity index is 442. The average Bonchev–Trinajstić information content (AvgIpc) is 2.20. The van der Waals surface area contributed by atoms with Crippen molar-refractivity contribution in [1.82, 2.24) is 9.97 Å². The second-order valence-corrected chi connectivity index (χ2v) is 3.08. The van der Waals surface area contributed by atoms with E-state index in [2.05, 4.69) is 9.97 Å². The molecule has 2 heterocycles. The molecular weight excluding hydrogens is 178 g/mol. The summed E-state index contributed by atoms with van der Waals surface area (Å²) in [4.78, 5) is 7.83. The lowest BCUT2D eigenvalue weighted by Gasteiger charge is -2.01. The van der Waals surface area contributed by atoms with Gasteiger partial charge in [-0.2, -0.15) is 0 Å². The van der Waals surface area contributed by atoms with Crippen molar-refractivity contribution in [2.24, 2.45) is 0 Å². The molecule has 0 aliphatic rings. The number of aromatic nitrogens is 2. The van der Waals surface area contributed by atoms with E-state index in [1.807, 2.05) is 13.9 Å². The summed E-state index contributed by atoms with van der Waals surface area (Å²) in [7, 11) is 1.94. The third-order valence-electron chi connectivity index (χ3n) is 1.96. The molecule has 0 spiro atoms. The van der Waals surface area contributed by atoms with Crippen molar-refractivity contribution < 1.29 is 4.39 Å². The Morgan fingerprint density at radius 3 is 2.64 bits per heavy atom. The smallest absolute Gasteiger partial charge is 0.150 e. The molecule has 0 N–H and O–H groups in total. The largest absolute Gasteiger partial charge is 0.262 e. The van der Waals surface area contributed by atoms with Crippen LogP contribution in [0.1, 0.15) is 0 Å². The van der Waals surface area contributed by atoms with Crippen molar-refractivity contribution >= 4 is 13.3 Å². The summed E-state index contributed by atoms with van der Waals surface area (Å²) in [6, 6.07) is 5.32. The molecule has 4 heteroatoms. The maximum atomic E-state index is 13.3. The monoisotopic (exact) mass is 186 g/mol. The van der Waals surface area contributed by atoms with Gasteiger partial charge in [0.2, 0.25) is 0 Å². The van der Waals surface area contributed by atoms with Crippen LogP contribution in [0.2, 0.25) is 0 Å². The Labute approximate surface area is 82.2 Å². The topological polar surface area (TPSA) is 25.8 Å². The molecule has 0 aromatic carbocycles. The van der Waals surface area contributed by atoms with Crippen LogP contribution in [-0.4, -0.2) is 17.8 Å². The maximum Gasteiger partial charge on any atom is 0.150 e. The predicted octanol–water partition coefficient (Wildman–Crippen LogP) is 0.541. The molecule has 0 radical (unpaired) electrons. The van der Waals surface area contributed by atoms with Crippen molar-refractivity contribution in [3.63, 3.8) is 0 Å².